The summed E-state index contributed by atoms with van der Waals surface area (Å²) < 4.78 is 0. The molecule has 1 aromatic carbocycles. The number of hydrogen-bond donors (Lipinski definition) is 2. The molecule has 188 valence electrons. The van der Waals surface area contributed by atoms with E-state index in [1.165, 1.54) is 4.90 Å². The first-order valence-corrected chi connectivity index (χ1v) is 12.7. The highest BCUT2D eigenvalue weighted by molar-refractivity contribution is 6.42. The summed E-state index contributed by atoms with van der Waals surface area (Å²) in [5.74, 6) is -0.683. The Hall–Kier alpha value is -1.87. The molecule has 2 fully saturated rings. The second-order valence-electron chi connectivity index (χ2n) is 9.45. The third kappa shape index (κ3) is 7.57. The highest BCUT2D eigenvalue weighted by atomic mass is 35.5. The van der Waals surface area contributed by atoms with E-state index in [9.17, 15) is 14.4 Å². The summed E-state index contributed by atoms with van der Waals surface area (Å²) in [4.78, 5) is 40.7. The predicted molar refractivity (Wildman–Crippen MR) is 134 cm³/mol. The van der Waals surface area contributed by atoms with E-state index in [-0.39, 0.29) is 24.3 Å². The summed E-state index contributed by atoms with van der Waals surface area (Å²) in [6.45, 7) is 5.05. The van der Waals surface area contributed by atoms with Gasteiger partial charge in [-0.1, -0.05) is 29.3 Å². The van der Waals surface area contributed by atoms with Gasteiger partial charge < -0.3 is 26.2 Å². The molecule has 1 atom stereocenters. The summed E-state index contributed by atoms with van der Waals surface area (Å²) in [7, 11) is 0. The lowest BCUT2D eigenvalue weighted by Gasteiger charge is -2.41. The maximum Gasteiger partial charge on any atom is 0.237 e. The molecule has 2 saturated heterocycles. The molecule has 0 aliphatic carbocycles. The first-order valence-electron chi connectivity index (χ1n) is 11.9. The minimum Gasteiger partial charge on any atom is -0.369 e. The zero-order chi connectivity index (χ0) is 24.7. The molecule has 2 aliphatic heterocycles. The van der Waals surface area contributed by atoms with Crippen molar-refractivity contribution in [1.29, 1.82) is 0 Å². The number of nitrogens with two attached hydrogens (primary N) is 2. The average Bonchev–Trinajstić information content (AvgIpc) is 2.83. The summed E-state index contributed by atoms with van der Waals surface area (Å²) in [5, 5.41) is 0.952. The number of halogens is 2. The second kappa shape index (κ2) is 12.7. The molecule has 10 heteroatoms. The van der Waals surface area contributed by atoms with Crippen molar-refractivity contribution in [1.82, 2.24) is 14.7 Å². The van der Waals surface area contributed by atoms with Gasteiger partial charge in [0.2, 0.25) is 18.2 Å². The third-order valence-corrected chi connectivity index (χ3v) is 7.92. The van der Waals surface area contributed by atoms with Gasteiger partial charge in [-0.05, 0) is 82.5 Å². The summed E-state index contributed by atoms with van der Waals surface area (Å²) in [6.07, 6.45) is 5.40. The monoisotopic (exact) mass is 511 g/mol. The number of carbonyl (C=O) groups is 3. The van der Waals surface area contributed by atoms with E-state index in [0.717, 1.165) is 70.4 Å². The van der Waals surface area contributed by atoms with Crippen LogP contribution in [-0.2, 0) is 14.4 Å². The van der Waals surface area contributed by atoms with E-state index in [2.05, 4.69) is 9.80 Å². The number of hydrogen-bond acceptors (Lipinski definition) is 5. The fourth-order valence-electron chi connectivity index (χ4n) is 5.15. The van der Waals surface area contributed by atoms with Gasteiger partial charge in [-0.25, -0.2) is 0 Å². The number of benzene rings is 1. The van der Waals surface area contributed by atoms with Gasteiger partial charge in [-0.2, -0.15) is 0 Å². The molecule has 0 aromatic heterocycles. The van der Waals surface area contributed by atoms with Gasteiger partial charge >= 0.3 is 0 Å². The van der Waals surface area contributed by atoms with Gasteiger partial charge in [-0.3, -0.25) is 14.4 Å². The lowest BCUT2D eigenvalue weighted by atomic mass is 9.92. The Morgan fingerprint density at radius 3 is 2.29 bits per heavy atom. The van der Waals surface area contributed by atoms with Crippen LogP contribution in [0.5, 0.6) is 0 Å². The number of likely N-dealkylation sites (tertiary alicyclic amines) is 2. The molecule has 34 heavy (non-hydrogen) atoms. The van der Waals surface area contributed by atoms with Crippen LogP contribution in [0.4, 0.5) is 0 Å². The molecule has 0 spiro atoms. The van der Waals surface area contributed by atoms with E-state index in [1.54, 1.807) is 6.07 Å². The fraction of sp³-hybridized carbons (Fsp3) is 0.625. The van der Waals surface area contributed by atoms with Crippen molar-refractivity contribution in [2.75, 3.05) is 45.8 Å². The summed E-state index contributed by atoms with van der Waals surface area (Å²) in [6, 6.07) is 6.08. The lowest BCUT2D eigenvalue weighted by Crippen LogP contribution is -2.49. The first kappa shape index (κ1) is 26.7. The standard InChI is InChI=1S/C24H35Cl2N5O3/c25-21-2-1-18(13-22(21)26)19(14-30(16-32)15-23(27)33)3-8-29-9-6-20(7-10-29)31-11-4-17(5-12-31)24(28)34/h1-2,13,16-17,19-20H,3-12,14-15H2,(H2,27,33)(H2,28,34)/t19-/m1/s1. The molecule has 3 rings (SSSR count). The molecule has 1 aromatic rings. The van der Waals surface area contributed by atoms with Crippen molar-refractivity contribution >= 4 is 41.4 Å². The smallest absolute Gasteiger partial charge is 0.237 e. The Kier molecular flexibility index (Phi) is 10.0. The van der Waals surface area contributed by atoms with Crippen LogP contribution in [0.1, 0.15) is 43.6 Å². The normalized spacial score (nSPS) is 19.6. The van der Waals surface area contributed by atoms with Crippen molar-refractivity contribution < 1.29 is 14.4 Å². The molecule has 2 heterocycles. The summed E-state index contributed by atoms with van der Waals surface area (Å²) >= 11 is 12.3. The van der Waals surface area contributed by atoms with Gasteiger partial charge in [0, 0.05) is 24.4 Å². The zero-order valence-corrected chi connectivity index (χ0v) is 21.0. The Bertz CT molecular complexity index is 855. The van der Waals surface area contributed by atoms with Crippen LogP contribution in [0.3, 0.4) is 0 Å². The molecule has 0 unspecified atom stereocenters. The van der Waals surface area contributed by atoms with E-state index in [0.29, 0.717) is 29.0 Å². The molecule has 0 bridgehead atoms. The Morgan fingerprint density at radius 2 is 1.74 bits per heavy atom. The highest BCUT2D eigenvalue weighted by Crippen LogP contribution is 2.30. The Labute approximate surface area is 211 Å². The van der Waals surface area contributed by atoms with E-state index in [1.807, 2.05) is 12.1 Å². The van der Waals surface area contributed by atoms with Crippen molar-refractivity contribution in [3.8, 4) is 0 Å². The van der Waals surface area contributed by atoms with Crippen molar-refractivity contribution in [2.45, 2.75) is 44.1 Å². The van der Waals surface area contributed by atoms with Gasteiger partial charge in [0.1, 0.15) is 0 Å². The fourth-order valence-corrected chi connectivity index (χ4v) is 5.46. The number of nitrogens with zero attached hydrogens (tertiary/aromatic N) is 3. The second-order valence-corrected chi connectivity index (χ2v) is 10.3. The predicted octanol–water partition coefficient (Wildman–Crippen LogP) is 2.07. The first-order chi connectivity index (χ1) is 16.3. The SMILES string of the molecule is NC(=O)CN(C=O)C[C@@H](CCN1CCC(N2CCC(C(N)=O)CC2)CC1)c1ccc(Cl)c(Cl)c1. The van der Waals surface area contributed by atoms with E-state index in [4.69, 9.17) is 34.7 Å². The van der Waals surface area contributed by atoms with Crippen LogP contribution in [0, 0.1) is 5.92 Å². The average molecular weight is 512 g/mol. The van der Waals surface area contributed by atoms with Crippen LogP contribution in [0.2, 0.25) is 10.0 Å². The van der Waals surface area contributed by atoms with Gasteiger partial charge in [0.25, 0.3) is 0 Å². The van der Waals surface area contributed by atoms with Crippen LogP contribution in [0.15, 0.2) is 18.2 Å². The Morgan fingerprint density at radius 1 is 1.06 bits per heavy atom. The van der Waals surface area contributed by atoms with Gasteiger partial charge in [0.05, 0.1) is 16.6 Å². The number of amides is 3. The van der Waals surface area contributed by atoms with E-state index >= 15 is 0 Å². The van der Waals surface area contributed by atoms with Crippen LogP contribution >= 0.6 is 23.2 Å². The zero-order valence-electron chi connectivity index (χ0n) is 19.5. The largest absolute Gasteiger partial charge is 0.369 e. The van der Waals surface area contributed by atoms with Crippen molar-refractivity contribution in [2.24, 2.45) is 17.4 Å². The molecule has 8 nitrogen and oxygen atoms in total. The maximum absolute atomic E-state index is 11.5. The molecular formula is C24H35Cl2N5O3. The molecule has 3 amide bonds. The maximum atomic E-state index is 11.5. The lowest BCUT2D eigenvalue weighted by molar-refractivity contribution is -0.126. The van der Waals surface area contributed by atoms with Crippen molar-refractivity contribution in [3.05, 3.63) is 33.8 Å². The Balaban J connectivity index is 1.54. The topological polar surface area (TPSA) is 113 Å². The molecular weight excluding hydrogens is 477 g/mol. The number of piperidine rings is 2. The highest BCUT2D eigenvalue weighted by Gasteiger charge is 2.30. The number of rotatable bonds is 11. The van der Waals surface area contributed by atoms with E-state index < -0.39 is 5.91 Å². The quantitative estimate of drug-likeness (QED) is 0.441. The van der Waals surface area contributed by atoms with Crippen LogP contribution < -0.4 is 11.5 Å². The molecule has 0 radical (unpaired) electrons. The number of carbonyl (C=O) groups excluding carboxylic acids is 3. The van der Waals surface area contributed by atoms with Gasteiger partial charge in [-0.15, -0.1) is 0 Å². The van der Waals surface area contributed by atoms with Gasteiger partial charge in [0.15, 0.2) is 0 Å². The third-order valence-electron chi connectivity index (χ3n) is 7.18. The minimum absolute atomic E-state index is 0.00451. The minimum atomic E-state index is -0.540. The molecule has 0 saturated carbocycles. The van der Waals surface area contributed by atoms with Crippen LogP contribution in [0.25, 0.3) is 0 Å². The number of primary amides is 2. The molecule has 4 N–H and O–H groups in total. The van der Waals surface area contributed by atoms with Crippen LogP contribution in [-0.4, -0.2) is 84.8 Å². The summed E-state index contributed by atoms with van der Waals surface area (Å²) in [5.41, 5.74) is 11.8. The molecule has 2 aliphatic rings. The van der Waals surface area contributed by atoms with Crippen molar-refractivity contribution in [3.63, 3.8) is 0 Å².